The minimum atomic E-state index is -0.407. The lowest BCUT2D eigenvalue weighted by atomic mass is 9.79. The molecule has 98 valence electrons. The van der Waals surface area contributed by atoms with Gasteiger partial charge in [-0.2, -0.15) is 0 Å². The van der Waals surface area contributed by atoms with Crippen LogP contribution in [0.3, 0.4) is 0 Å². The minimum Gasteiger partial charge on any atom is -0.444 e. The Hall–Kier alpha value is -0.770. The van der Waals surface area contributed by atoms with Crippen molar-refractivity contribution < 1.29 is 9.53 Å². The molecule has 2 N–H and O–H groups in total. The van der Waals surface area contributed by atoms with Gasteiger partial charge in [0.1, 0.15) is 5.60 Å². The zero-order chi connectivity index (χ0) is 12.5. The summed E-state index contributed by atoms with van der Waals surface area (Å²) in [6, 6.07) is 0.297. The molecule has 0 aromatic rings. The van der Waals surface area contributed by atoms with Gasteiger partial charge in [-0.15, -0.1) is 0 Å². The van der Waals surface area contributed by atoms with Crippen molar-refractivity contribution in [2.45, 2.75) is 51.7 Å². The lowest BCUT2D eigenvalue weighted by Gasteiger charge is -2.32. The van der Waals surface area contributed by atoms with Gasteiger partial charge in [0.25, 0.3) is 0 Å². The third-order valence-corrected chi connectivity index (χ3v) is 3.67. The summed E-state index contributed by atoms with van der Waals surface area (Å²) in [5.74, 6) is 1.57. The number of rotatable bonds is 1. The highest BCUT2D eigenvalue weighted by atomic mass is 16.6. The monoisotopic (exact) mass is 240 g/mol. The summed E-state index contributed by atoms with van der Waals surface area (Å²) in [7, 11) is 0. The van der Waals surface area contributed by atoms with Gasteiger partial charge < -0.3 is 15.4 Å². The quantitative estimate of drug-likeness (QED) is 0.736. The number of hydrogen-bond donors (Lipinski definition) is 2. The molecule has 1 amide bonds. The van der Waals surface area contributed by atoms with Crippen LogP contribution in [0.2, 0.25) is 0 Å². The summed E-state index contributed by atoms with van der Waals surface area (Å²) < 4.78 is 5.29. The van der Waals surface area contributed by atoms with Gasteiger partial charge in [-0.05, 0) is 65.0 Å². The third kappa shape index (κ3) is 3.60. The highest BCUT2D eigenvalue weighted by Gasteiger charge is 2.34. The Labute approximate surface area is 103 Å². The van der Waals surface area contributed by atoms with Crippen molar-refractivity contribution >= 4 is 6.09 Å². The van der Waals surface area contributed by atoms with Gasteiger partial charge in [-0.25, -0.2) is 4.79 Å². The standard InChI is InChI=1S/C13H24N2O2/c1-13(2,3)17-12(16)15-11-5-4-9-7-14-8-10(9)6-11/h9-11,14H,4-8H2,1-3H3,(H,15,16)/t9-,10-,11-/m0/s1. The molecule has 1 saturated carbocycles. The highest BCUT2D eigenvalue weighted by Crippen LogP contribution is 2.32. The van der Waals surface area contributed by atoms with Crippen LogP contribution in [0.1, 0.15) is 40.0 Å². The number of amides is 1. The average molecular weight is 240 g/mol. The first kappa shape index (κ1) is 12.7. The number of hydrogen-bond acceptors (Lipinski definition) is 3. The highest BCUT2D eigenvalue weighted by molar-refractivity contribution is 5.68. The fourth-order valence-corrected chi connectivity index (χ4v) is 2.90. The number of ether oxygens (including phenoxy) is 1. The smallest absolute Gasteiger partial charge is 0.407 e. The largest absolute Gasteiger partial charge is 0.444 e. The Morgan fingerprint density at radius 3 is 2.65 bits per heavy atom. The summed E-state index contributed by atoms with van der Waals surface area (Å²) in [6.45, 7) is 7.94. The van der Waals surface area contributed by atoms with Crippen molar-refractivity contribution in [1.82, 2.24) is 10.6 Å². The van der Waals surface area contributed by atoms with Crippen molar-refractivity contribution in [2.24, 2.45) is 11.8 Å². The molecule has 4 heteroatoms. The van der Waals surface area contributed by atoms with E-state index in [1.54, 1.807) is 0 Å². The Morgan fingerprint density at radius 1 is 1.24 bits per heavy atom. The number of carbonyl (C=O) groups excluding carboxylic acids is 1. The third-order valence-electron chi connectivity index (χ3n) is 3.67. The first-order valence-corrected chi connectivity index (χ1v) is 6.64. The van der Waals surface area contributed by atoms with E-state index in [-0.39, 0.29) is 6.09 Å². The van der Waals surface area contributed by atoms with Crippen LogP contribution < -0.4 is 10.6 Å². The minimum absolute atomic E-state index is 0.271. The van der Waals surface area contributed by atoms with Crippen molar-refractivity contribution in [2.75, 3.05) is 13.1 Å². The van der Waals surface area contributed by atoms with E-state index in [0.29, 0.717) is 6.04 Å². The van der Waals surface area contributed by atoms with Gasteiger partial charge in [-0.1, -0.05) is 0 Å². The van der Waals surface area contributed by atoms with E-state index < -0.39 is 5.60 Å². The number of carbonyl (C=O) groups is 1. The second-order valence-corrected chi connectivity index (χ2v) is 6.33. The predicted molar refractivity (Wildman–Crippen MR) is 66.9 cm³/mol. The van der Waals surface area contributed by atoms with E-state index in [0.717, 1.165) is 37.8 Å². The van der Waals surface area contributed by atoms with Gasteiger partial charge in [0.05, 0.1) is 0 Å². The van der Waals surface area contributed by atoms with Crippen molar-refractivity contribution in [3.05, 3.63) is 0 Å². The van der Waals surface area contributed by atoms with Crippen LogP contribution in [0.4, 0.5) is 4.79 Å². The maximum atomic E-state index is 11.7. The number of fused-ring (bicyclic) bond motifs is 1. The van der Waals surface area contributed by atoms with Crippen LogP contribution in [-0.4, -0.2) is 30.8 Å². The van der Waals surface area contributed by atoms with E-state index in [9.17, 15) is 4.79 Å². The van der Waals surface area contributed by atoms with Gasteiger partial charge in [0.15, 0.2) is 0 Å². The van der Waals surface area contributed by atoms with Gasteiger partial charge in [0.2, 0.25) is 0 Å². The zero-order valence-corrected chi connectivity index (χ0v) is 11.1. The lowest BCUT2D eigenvalue weighted by Crippen LogP contribution is -2.43. The summed E-state index contributed by atoms with van der Waals surface area (Å²) in [4.78, 5) is 11.7. The zero-order valence-electron chi connectivity index (χ0n) is 11.1. The molecule has 0 unspecified atom stereocenters. The molecule has 2 fully saturated rings. The molecule has 1 saturated heterocycles. The van der Waals surface area contributed by atoms with Crippen LogP contribution >= 0.6 is 0 Å². The molecule has 1 aliphatic heterocycles. The van der Waals surface area contributed by atoms with Crippen LogP contribution in [0.5, 0.6) is 0 Å². The van der Waals surface area contributed by atoms with Crippen LogP contribution in [0, 0.1) is 11.8 Å². The lowest BCUT2D eigenvalue weighted by molar-refractivity contribution is 0.0479. The van der Waals surface area contributed by atoms with E-state index in [1.165, 1.54) is 6.42 Å². The second-order valence-electron chi connectivity index (χ2n) is 6.33. The van der Waals surface area contributed by atoms with Crippen molar-refractivity contribution in [1.29, 1.82) is 0 Å². The van der Waals surface area contributed by atoms with Gasteiger partial charge in [0, 0.05) is 6.04 Å². The number of nitrogens with one attached hydrogen (secondary N) is 2. The van der Waals surface area contributed by atoms with Crippen LogP contribution in [-0.2, 0) is 4.74 Å². The predicted octanol–water partition coefficient (Wildman–Crippen LogP) is 1.90. The molecule has 1 heterocycles. The van der Waals surface area contributed by atoms with E-state index in [1.807, 2.05) is 20.8 Å². The first-order valence-electron chi connectivity index (χ1n) is 6.64. The Balaban J connectivity index is 1.78. The fraction of sp³-hybridized carbons (Fsp3) is 0.923. The van der Waals surface area contributed by atoms with E-state index >= 15 is 0 Å². The molecular weight excluding hydrogens is 216 g/mol. The molecule has 0 bridgehead atoms. The van der Waals surface area contributed by atoms with Gasteiger partial charge >= 0.3 is 6.09 Å². The van der Waals surface area contributed by atoms with Crippen LogP contribution in [0.25, 0.3) is 0 Å². The maximum absolute atomic E-state index is 11.7. The molecule has 2 aliphatic rings. The molecule has 17 heavy (non-hydrogen) atoms. The normalized spacial score (nSPS) is 33.0. The number of alkyl carbamates (subject to hydrolysis) is 1. The van der Waals surface area contributed by atoms with Crippen molar-refractivity contribution in [3.63, 3.8) is 0 Å². The Morgan fingerprint density at radius 2 is 1.94 bits per heavy atom. The first-order chi connectivity index (χ1) is 7.94. The van der Waals surface area contributed by atoms with Gasteiger partial charge in [-0.3, -0.25) is 0 Å². The summed E-state index contributed by atoms with van der Waals surface area (Å²) in [5, 5.41) is 6.43. The second kappa shape index (κ2) is 4.84. The van der Waals surface area contributed by atoms with E-state index in [4.69, 9.17) is 4.74 Å². The molecule has 0 aromatic heterocycles. The summed E-state index contributed by atoms with van der Waals surface area (Å²) in [6.07, 6.45) is 3.13. The summed E-state index contributed by atoms with van der Waals surface area (Å²) >= 11 is 0. The SMILES string of the molecule is CC(C)(C)OC(=O)N[C@H]1CC[C@H]2CNC[C@@H]2C1. The van der Waals surface area contributed by atoms with Crippen LogP contribution in [0.15, 0.2) is 0 Å². The summed E-state index contributed by atoms with van der Waals surface area (Å²) in [5.41, 5.74) is -0.407. The maximum Gasteiger partial charge on any atom is 0.407 e. The molecule has 4 nitrogen and oxygen atoms in total. The molecule has 0 radical (unpaired) electrons. The van der Waals surface area contributed by atoms with E-state index in [2.05, 4.69) is 10.6 Å². The molecule has 1 aliphatic carbocycles. The molecule has 0 aromatic carbocycles. The average Bonchev–Trinajstić information content (AvgIpc) is 2.61. The molecule has 3 atom stereocenters. The molecule has 2 rings (SSSR count). The van der Waals surface area contributed by atoms with Crippen molar-refractivity contribution in [3.8, 4) is 0 Å². The Bertz CT molecular complexity index is 286. The molecular formula is C13H24N2O2. The fourth-order valence-electron chi connectivity index (χ4n) is 2.90. The topological polar surface area (TPSA) is 50.4 Å². The Kier molecular flexibility index (Phi) is 3.61. The molecule has 0 spiro atoms.